The van der Waals surface area contributed by atoms with Crippen molar-refractivity contribution in [2.24, 2.45) is 5.73 Å². The first-order chi connectivity index (χ1) is 13.6. The SMILES string of the molecule is NC(=O)Cc1nc(N2CCOCC2)cc(=O)n1-c1ccc(F)c(OC(F)(F)F)c1. The van der Waals surface area contributed by atoms with Gasteiger partial charge < -0.3 is 20.1 Å². The van der Waals surface area contributed by atoms with Crippen LogP contribution >= 0.6 is 0 Å². The van der Waals surface area contributed by atoms with Crippen LogP contribution in [0.4, 0.5) is 23.4 Å². The first-order valence-electron chi connectivity index (χ1n) is 8.44. The van der Waals surface area contributed by atoms with Crippen LogP contribution in [-0.2, 0) is 16.0 Å². The van der Waals surface area contributed by atoms with Crippen molar-refractivity contribution in [3.63, 3.8) is 0 Å². The Morgan fingerprint density at radius 3 is 2.55 bits per heavy atom. The van der Waals surface area contributed by atoms with Gasteiger partial charge in [-0.25, -0.2) is 9.37 Å². The molecule has 29 heavy (non-hydrogen) atoms. The van der Waals surface area contributed by atoms with Crippen LogP contribution in [0.15, 0.2) is 29.1 Å². The van der Waals surface area contributed by atoms with E-state index < -0.39 is 35.8 Å². The van der Waals surface area contributed by atoms with Gasteiger partial charge in [-0.1, -0.05) is 0 Å². The zero-order valence-electron chi connectivity index (χ0n) is 14.9. The van der Waals surface area contributed by atoms with E-state index in [4.69, 9.17) is 10.5 Å². The van der Waals surface area contributed by atoms with Crippen molar-refractivity contribution in [1.29, 1.82) is 0 Å². The van der Waals surface area contributed by atoms with Crippen molar-refractivity contribution in [3.8, 4) is 11.4 Å². The molecule has 2 heterocycles. The Kier molecular flexibility index (Phi) is 5.73. The highest BCUT2D eigenvalue weighted by Gasteiger charge is 2.32. The summed E-state index contributed by atoms with van der Waals surface area (Å²) in [4.78, 5) is 30.2. The van der Waals surface area contributed by atoms with Crippen LogP contribution in [0.3, 0.4) is 0 Å². The monoisotopic (exact) mass is 416 g/mol. The molecular weight excluding hydrogens is 400 g/mol. The molecule has 0 saturated carbocycles. The highest BCUT2D eigenvalue weighted by molar-refractivity contribution is 5.76. The Morgan fingerprint density at radius 2 is 1.93 bits per heavy atom. The van der Waals surface area contributed by atoms with E-state index in [1.807, 2.05) is 0 Å². The number of hydrogen-bond acceptors (Lipinski definition) is 6. The lowest BCUT2D eigenvalue weighted by atomic mass is 10.2. The highest BCUT2D eigenvalue weighted by atomic mass is 19.4. The second-order valence-electron chi connectivity index (χ2n) is 6.11. The molecule has 2 N–H and O–H groups in total. The molecule has 0 atom stereocenters. The second-order valence-corrected chi connectivity index (χ2v) is 6.11. The number of alkyl halides is 3. The Balaban J connectivity index is 2.09. The Hall–Kier alpha value is -3.15. The molecule has 1 aromatic carbocycles. The molecule has 1 aliphatic heterocycles. The number of primary amides is 1. The number of aromatic nitrogens is 2. The number of halogens is 4. The van der Waals surface area contributed by atoms with Crippen molar-refractivity contribution in [1.82, 2.24) is 9.55 Å². The van der Waals surface area contributed by atoms with Crippen LogP contribution < -0.4 is 20.9 Å². The van der Waals surface area contributed by atoms with Gasteiger partial charge in [0.15, 0.2) is 11.6 Å². The summed E-state index contributed by atoms with van der Waals surface area (Å²) in [5, 5.41) is 0. The summed E-state index contributed by atoms with van der Waals surface area (Å²) in [6.07, 6.45) is -5.58. The Morgan fingerprint density at radius 1 is 1.24 bits per heavy atom. The molecule has 1 aromatic heterocycles. The average molecular weight is 416 g/mol. The smallest absolute Gasteiger partial charge is 0.403 e. The van der Waals surface area contributed by atoms with Crippen LogP contribution in [0, 0.1) is 5.82 Å². The fourth-order valence-corrected chi connectivity index (χ4v) is 2.86. The second kappa shape index (κ2) is 8.07. The number of anilines is 1. The molecule has 1 fully saturated rings. The van der Waals surface area contributed by atoms with Crippen molar-refractivity contribution in [2.45, 2.75) is 12.8 Å². The molecule has 1 saturated heterocycles. The summed E-state index contributed by atoms with van der Waals surface area (Å²) in [5.41, 5.74) is 4.39. The van der Waals surface area contributed by atoms with E-state index in [1.54, 1.807) is 4.90 Å². The number of morpholine rings is 1. The topological polar surface area (TPSA) is 99.7 Å². The molecule has 2 aromatic rings. The maximum Gasteiger partial charge on any atom is 0.573 e. The van der Waals surface area contributed by atoms with E-state index >= 15 is 0 Å². The fraction of sp³-hybridized carbons (Fsp3) is 0.353. The molecular formula is C17H16F4N4O4. The third kappa shape index (κ3) is 5.02. The van der Waals surface area contributed by atoms with Crippen LogP contribution in [0.5, 0.6) is 5.75 Å². The molecule has 156 valence electrons. The molecule has 12 heteroatoms. The Bertz CT molecular complexity index is 971. The van der Waals surface area contributed by atoms with Crippen LogP contribution in [0.2, 0.25) is 0 Å². The molecule has 0 aliphatic carbocycles. The molecule has 3 rings (SSSR count). The van der Waals surface area contributed by atoms with Gasteiger partial charge in [-0.15, -0.1) is 13.2 Å². The van der Waals surface area contributed by atoms with Crippen LogP contribution in [0.1, 0.15) is 5.82 Å². The lowest BCUT2D eigenvalue weighted by Gasteiger charge is -2.28. The van der Waals surface area contributed by atoms with Gasteiger partial charge in [0.2, 0.25) is 5.91 Å². The summed E-state index contributed by atoms with van der Waals surface area (Å²) in [6, 6.07) is 3.65. The zero-order chi connectivity index (χ0) is 21.2. The summed E-state index contributed by atoms with van der Waals surface area (Å²) in [6.45, 7) is 1.78. The van der Waals surface area contributed by atoms with E-state index in [0.717, 1.165) is 10.6 Å². The van der Waals surface area contributed by atoms with Gasteiger partial charge >= 0.3 is 6.36 Å². The zero-order valence-corrected chi connectivity index (χ0v) is 14.9. The molecule has 1 amide bonds. The largest absolute Gasteiger partial charge is 0.573 e. The predicted molar refractivity (Wildman–Crippen MR) is 92.4 cm³/mol. The standard InChI is InChI=1S/C17H16F4N4O4/c18-11-2-1-10(7-12(11)29-17(19,20)21)25-15(8-13(22)26)23-14(9-16(25)27)24-3-5-28-6-4-24/h1-2,7,9H,3-6,8H2,(H2,22,26). The van der Waals surface area contributed by atoms with Crippen LogP contribution in [0.25, 0.3) is 5.69 Å². The number of nitrogens with zero attached hydrogens (tertiary/aromatic N) is 3. The average Bonchev–Trinajstić information content (AvgIpc) is 2.63. The number of hydrogen-bond donors (Lipinski definition) is 1. The van der Waals surface area contributed by atoms with Crippen LogP contribution in [-0.4, -0.2) is 48.1 Å². The van der Waals surface area contributed by atoms with Crippen molar-refractivity contribution >= 4 is 11.7 Å². The number of nitrogens with two attached hydrogens (primary N) is 1. The summed E-state index contributed by atoms with van der Waals surface area (Å²) in [7, 11) is 0. The Labute approximate surface area is 161 Å². The fourth-order valence-electron chi connectivity index (χ4n) is 2.86. The van der Waals surface area contributed by atoms with E-state index in [1.165, 1.54) is 6.07 Å². The first-order valence-corrected chi connectivity index (χ1v) is 8.44. The normalized spacial score (nSPS) is 14.7. The number of rotatable bonds is 5. The highest BCUT2D eigenvalue weighted by Crippen LogP contribution is 2.28. The number of carbonyl (C=O) groups is 1. The summed E-state index contributed by atoms with van der Waals surface area (Å²) in [5.74, 6) is -3.02. The van der Waals surface area contributed by atoms with E-state index in [9.17, 15) is 27.2 Å². The van der Waals surface area contributed by atoms with Gasteiger partial charge in [-0.05, 0) is 12.1 Å². The van der Waals surface area contributed by atoms with Gasteiger partial charge in [-0.2, -0.15) is 0 Å². The van der Waals surface area contributed by atoms with Gasteiger partial charge in [-0.3, -0.25) is 14.2 Å². The predicted octanol–water partition coefficient (Wildman–Crippen LogP) is 1.13. The summed E-state index contributed by atoms with van der Waals surface area (Å²) >= 11 is 0. The van der Waals surface area contributed by atoms with Gasteiger partial charge in [0.25, 0.3) is 5.56 Å². The minimum Gasteiger partial charge on any atom is -0.403 e. The number of carbonyl (C=O) groups excluding carboxylic acids is 1. The molecule has 0 spiro atoms. The van der Waals surface area contributed by atoms with Crippen molar-refractivity contribution in [2.75, 3.05) is 31.2 Å². The lowest BCUT2D eigenvalue weighted by Crippen LogP contribution is -2.38. The molecule has 0 unspecified atom stereocenters. The first kappa shape index (κ1) is 20.6. The molecule has 0 radical (unpaired) electrons. The third-order valence-corrected chi connectivity index (χ3v) is 4.04. The maximum absolute atomic E-state index is 13.7. The molecule has 1 aliphatic rings. The lowest BCUT2D eigenvalue weighted by molar-refractivity contribution is -0.275. The third-order valence-electron chi connectivity index (χ3n) is 4.04. The summed E-state index contributed by atoms with van der Waals surface area (Å²) < 4.78 is 61.0. The molecule has 0 bridgehead atoms. The van der Waals surface area contributed by atoms with E-state index in [2.05, 4.69) is 9.72 Å². The maximum atomic E-state index is 13.7. The van der Waals surface area contributed by atoms with Crippen molar-refractivity contribution in [3.05, 3.63) is 46.3 Å². The van der Waals surface area contributed by atoms with Gasteiger partial charge in [0.05, 0.1) is 25.3 Å². The molecule has 8 nitrogen and oxygen atoms in total. The number of ether oxygens (including phenoxy) is 2. The number of benzene rings is 1. The number of amides is 1. The van der Waals surface area contributed by atoms with Gasteiger partial charge in [0, 0.05) is 25.2 Å². The minimum absolute atomic E-state index is 0.101. The quantitative estimate of drug-likeness (QED) is 0.734. The van der Waals surface area contributed by atoms with E-state index in [0.29, 0.717) is 38.4 Å². The van der Waals surface area contributed by atoms with Crippen molar-refractivity contribution < 1.29 is 31.8 Å². The van der Waals surface area contributed by atoms with E-state index in [-0.39, 0.29) is 17.3 Å². The minimum atomic E-state index is -5.13. The van der Waals surface area contributed by atoms with Gasteiger partial charge in [0.1, 0.15) is 11.6 Å².